The summed E-state index contributed by atoms with van der Waals surface area (Å²) in [6.07, 6.45) is 0. The highest BCUT2D eigenvalue weighted by Gasteiger charge is 2.24. The first kappa shape index (κ1) is 38.9. The van der Waals surface area contributed by atoms with E-state index in [0.717, 1.165) is 65.9 Å². The molecule has 5 aromatic heterocycles. The van der Waals surface area contributed by atoms with Crippen molar-refractivity contribution in [2.24, 2.45) is 0 Å². The van der Waals surface area contributed by atoms with Gasteiger partial charge in [-0.1, -0.05) is 164 Å². The highest BCUT2D eigenvalue weighted by molar-refractivity contribution is 7.26. The van der Waals surface area contributed by atoms with Crippen molar-refractivity contribution in [3.8, 4) is 51.2 Å². The van der Waals surface area contributed by atoms with Gasteiger partial charge in [0.15, 0.2) is 17.5 Å². The maximum Gasteiger partial charge on any atom is 0.165 e. The number of benzene rings is 10. The standard InChI is InChI=1S/C63H38N6S/c1-2-18-39(19-3-1)61-64-62(66-63(65-61)49-29-15-27-47-46-26-8-13-37-57(46)70-60(47)49)40-20-14-21-41(38-40)67-54-34-17-35-55(68-50-30-9-4-22-42(50)43-23-5-10-31-51(43)68)58(54)48-28-16-36-56(59(48)67)69-52-32-11-6-24-44(52)45-25-7-12-33-53(45)69/h1-38H. The SMILES string of the molecule is c1ccc(-c2nc(-c3cccc(-n4c5cccc(-n6c7ccccc7c7ccccc76)c5c5cccc(-n6c7ccccc7c7ccccc76)c54)c3)nc(-c3cccc4c3sc3ccccc34)n2)cc1. The Balaban J connectivity index is 1.02. The molecule has 70 heavy (non-hydrogen) atoms. The predicted molar refractivity (Wildman–Crippen MR) is 292 cm³/mol. The van der Waals surface area contributed by atoms with Crippen molar-refractivity contribution >= 4 is 96.9 Å². The molecule has 326 valence electrons. The van der Waals surface area contributed by atoms with Crippen LogP contribution in [0.5, 0.6) is 0 Å². The highest BCUT2D eigenvalue weighted by Crippen LogP contribution is 2.44. The Bertz CT molecular complexity index is 4500. The van der Waals surface area contributed by atoms with Crippen LogP contribution in [0, 0.1) is 0 Å². The second-order valence-corrected chi connectivity index (χ2v) is 19.0. The number of para-hydroxylation sites is 5. The molecule has 15 rings (SSSR count). The molecule has 0 bridgehead atoms. The van der Waals surface area contributed by atoms with Gasteiger partial charge in [0.25, 0.3) is 0 Å². The summed E-state index contributed by atoms with van der Waals surface area (Å²) in [5, 5.41) is 9.66. The molecular weight excluding hydrogens is 873 g/mol. The first-order valence-electron chi connectivity index (χ1n) is 23.6. The Hall–Kier alpha value is -9.17. The average Bonchev–Trinajstić information content (AvgIpc) is 4.18. The zero-order valence-corrected chi connectivity index (χ0v) is 38.3. The molecule has 5 heterocycles. The second-order valence-electron chi connectivity index (χ2n) is 17.9. The van der Waals surface area contributed by atoms with Crippen LogP contribution in [0.2, 0.25) is 0 Å². The Labute approximate surface area is 405 Å². The third-order valence-electron chi connectivity index (χ3n) is 14.1. The molecule has 0 saturated carbocycles. The molecule has 0 N–H and O–H groups in total. The second kappa shape index (κ2) is 15.2. The maximum absolute atomic E-state index is 5.37. The number of aromatic nitrogens is 6. The lowest BCUT2D eigenvalue weighted by Gasteiger charge is -2.15. The fourth-order valence-electron chi connectivity index (χ4n) is 11.1. The van der Waals surface area contributed by atoms with E-state index in [2.05, 4.69) is 226 Å². The van der Waals surface area contributed by atoms with Crippen LogP contribution in [-0.2, 0) is 0 Å². The third-order valence-corrected chi connectivity index (χ3v) is 15.3. The molecule has 0 aliphatic rings. The Morgan fingerprint density at radius 3 is 1.47 bits per heavy atom. The minimum Gasteiger partial charge on any atom is -0.309 e. The Kier molecular flexibility index (Phi) is 8.43. The van der Waals surface area contributed by atoms with Crippen LogP contribution in [0.15, 0.2) is 231 Å². The van der Waals surface area contributed by atoms with Crippen LogP contribution in [0.1, 0.15) is 0 Å². The van der Waals surface area contributed by atoms with Crippen molar-refractivity contribution in [2.45, 2.75) is 0 Å². The van der Waals surface area contributed by atoms with E-state index in [4.69, 9.17) is 15.0 Å². The number of fused-ring (bicyclic) bond motifs is 12. The first-order chi connectivity index (χ1) is 34.7. The summed E-state index contributed by atoms with van der Waals surface area (Å²) >= 11 is 1.78. The summed E-state index contributed by atoms with van der Waals surface area (Å²) in [6.45, 7) is 0. The summed E-state index contributed by atoms with van der Waals surface area (Å²) in [7, 11) is 0. The monoisotopic (exact) mass is 910 g/mol. The predicted octanol–water partition coefficient (Wildman–Crippen LogP) is 16.5. The maximum atomic E-state index is 5.37. The van der Waals surface area contributed by atoms with Crippen molar-refractivity contribution in [3.63, 3.8) is 0 Å². The van der Waals surface area contributed by atoms with Crippen molar-refractivity contribution in [1.29, 1.82) is 0 Å². The molecule has 0 fully saturated rings. The van der Waals surface area contributed by atoms with E-state index in [1.165, 1.54) is 53.4 Å². The zero-order valence-electron chi connectivity index (χ0n) is 37.5. The van der Waals surface area contributed by atoms with Crippen molar-refractivity contribution < 1.29 is 0 Å². The van der Waals surface area contributed by atoms with Gasteiger partial charge in [-0.2, -0.15) is 0 Å². The van der Waals surface area contributed by atoms with Crippen LogP contribution >= 0.6 is 11.3 Å². The summed E-state index contributed by atoms with van der Waals surface area (Å²) in [4.78, 5) is 15.8. The summed E-state index contributed by atoms with van der Waals surface area (Å²) in [5.41, 5.74) is 12.9. The number of thiophene rings is 1. The van der Waals surface area contributed by atoms with Crippen LogP contribution in [0.25, 0.3) is 137 Å². The van der Waals surface area contributed by atoms with Crippen LogP contribution < -0.4 is 0 Å². The molecule has 0 aliphatic carbocycles. The topological polar surface area (TPSA) is 53.5 Å². The third kappa shape index (κ3) is 5.70. The fourth-order valence-corrected chi connectivity index (χ4v) is 12.3. The van der Waals surface area contributed by atoms with Gasteiger partial charge in [0.1, 0.15) is 0 Å². The molecule has 7 heteroatoms. The van der Waals surface area contributed by atoms with E-state index < -0.39 is 0 Å². The van der Waals surface area contributed by atoms with Gasteiger partial charge in [-0.25, -0.2) is 15.0 Å². The Morgan fingerprint density at radius 2 is 0.786 bits per heavy atom. The van der Waals surface area contributed by atoms with E-state index in [0.29, 0.717) is 17.5 Å². The molecule has 15 aromatic rings. The lowest BCUT2D eigenvalue weighted by atomic mass is 10.1. The summed E-state index contributed by atoms with van der Waals surface area (Å²) in [6, 6.07) is 82.7. The minimum absolute atomic E-state index is 0.609. The van der Waals surface area contributed by atoms with Gasteiger partial charge < -0.3 is 13.7 Å². The van der Waals surface area contributed by atoms with Gasteiger partial charge in [0.2, 0.25) is 0 Å². The number of nitrogens with zero attached hydrogens (tertiary/aromatic N) is 6. The molecule has 0 saturated heterocycles. The van der Waals surface area contributed by atoms with E-state index in [9.17, 15) is 0 Å². The van der Waals surface area contributed by atoms with Gasteiger partial charge in [-0.05, 0) is 66.7 Å². The number of rotatable bonds is 6. The van der Waals surface area contributed by atoms with Gasteiger partial charge in [0, 0.05) is 74.9 Å². The van der Waals surface area contributed by atoms with Crippen molar-refractivity contribution in [3.05, 3.63) is 231 Å². The molecule has 10 aromatic carbocycles. The van der Waals surface area contributed by atoms with Crippen LogP contribution in [-0.4, -0.2) is 28.7 Å². The number of hydrogen-bond donors (Lipinski definition) is 0. The highest BCUT2D eigenvalue weighted by atomic mass is 32.1. The molecule has 0 atom stereocenters. The van der Waals surface area contributed by atoms with E-state index in [1.54, 1.807) is 11.3 Å². The van der Waals surface area contributed by atoms with Gasteiger partial charge in [0.05, 0.1) is 44.5 Å². The summed E-state index contributed by atoms with van der Waals surface area (Å²) < 4.78 is 9.77. The number of hydrogen-bond acceptors (Lipinski definition) is 4. The molecule has 0 unspecified atom stereocenters. The molecule has 0 amide bonds. The molecule has 0 spiro atoms. The molecule has 0 radical (unpaired) electrons. The van der Waals surface area contributed by atoms with Crippen molar-refractivity contribution in [1.82, 2.24) is 28.7 Å². The zero-order chi connectivity index (χ0) is 45.9. The van der Waals surface area contributed by atoms with Crippen LogP contribution in [0.3, 0.4) is 0 Å². The Morgan fingerprint density at radius 1 is 0.314 bits per heavy atom. The summed E-state index contributed by atoms with van der Waals surface area (Å²) in [5.74, 6) is 1.89. The van der Waals surface area contributed by atoms with Gasteiger partial charge in [-0.15, -0.1) is 11.3 Å². The fraction of sp³-hybridized carbons (Fsp3) is 0. The average molecular weight is 911 g/mol. The quantitative estimate of drug-likeness (QED) is 0.167. The minimum atomic E-state index is 0.609. The van der Waals surface area contributed by atoms with E-state index in [1.807, 2.05) is 18.2 Å². The first-order valence-corrected chi connectivity index (χ1v) is 24.4. The van der Waals surface area contributed by atoms with Crippen molar-refractivity contribution in [2.75, 3.05) is 0 Å². The lowest BCUT2D eigenvalue weighted by Crippen LogP contribution is -2.02. The largest absolute Gasteiger partial charge is 0.309 e. The van der Waals surface area contributed by atoms with Gasteiger partial charge >= 0.3 is 0 Å². The van der Waals surface area contributed by atoms with Gasteiger partial charge in [-0.3, -0.25) is 0 Å². The smallest absolute Gasteiger partial charge is 0.165 e. The molecule has 0 aliphatic heterocycles. The lowest BCUT2D eigenvalue weighted by molar-refractivity contribution is 1.07. The van der Waals surface area contributed by atoms with E-state index >= 15 is 0 Å². The molecule has 6 nitrogen and oxygen atoms in total. The normalized spacial score (nSPS) is 12.0. The molecular formula is C63H38N6S. The van der Waals surface area contributed by atoms with E-state index in [-0.39, 0.29) is 0 Å². The van der Waals surface area contributed by atoms with Crippen LogP contribution in [0.4, 0.5) is 0 Å².